The van der Waals surface area contributed by atoms with Gasteiger partial charge in [-0.1, -0.05) is 11.6 Å². The highest BCUT2D eigenvalue weighted by Crippen LogP contribution is 2.23. The third-order valence-electron chi connectivity index (χ3n) is 2.66. The Hall–Kier alpha value is -2.60. The molecule has 3 N–H and O–H groups in total. The average Bonchev–Trinajstić information content (AvgIpc) is 2.37. The number of amides is 1. The zero-order valence-electron chi connectivity index (χ0n) is 10.4. The standard InChI is InChI=1S/C14H9ClFNO4/c15-11-6-8(2-4-9(11)14(20)21)17-13(19)10-3-1-7(16)5-12(10)18/h1-6,18H,(H,17,19)(H,20,21). The van der Waals surface area contributed by atoms with Crippen molar-refractivity contribution in [1.82, 2.24) is 0 Å². The van der Waals surface area contributed by atoms with Crippen LogP contribution in [-0.2, 0) is 0 Å². The largest absolute Gasteiger partial charge is 0.507 e. The number of benzene rings is 2. The number of carbonyl (C=O) groups excluding carboxylic acids is 1. The second-order valence-corrected chi connectivity index (χ2v) is 4.52. The predicted molar refractivity (Wildman–Crippen MR) is 74.4 cm³/mol. The SMILES string of the molecule is O=C(Nc1ccc(C(=O)O)c(Cl)c1)c1ccc(F)cc1O. The fourth-order valence-electron chi connectivity index (χ4n) is 1.66. The molecule has 1 amide bonds. The first kappa shape index (κ1) is 14.8. The zero-order chi connectivity index (χ0) is 15.6. The van der Waals surface area contributed by atoms with Crippen LogP contribution in [0.2, 0.25) is 5.02 Å². The molecule has 0 aliphatic carbocycles. The number of hydrogen-bond acceptors (Lipinski definition) is 3. The van der Waals surface area contributed by atoms with Gasteiger partial charge in [0.2, 0.25) is 0 Å². The molecule has 0 saturated heterocycles. The van der Waals surface area contributed by atoms with Gasteiger partial charge in [0.15, 0.2) is 0 Å². The van der Waals surface area contributed by atoms with Crippen LogP contribution >= 0.6 is 11.6 Å². The third-order valence-corrected chi connectivity index (χ3v) is 2.97. The summed E-state index contributed by atoms with van der Waals surface area (Å²) in [5.41, 5.74) is 0.0350. The molecule has 0 fully saturated rings. The van der Waals surface area contributed by atoms with Gasteiger partial charge in [-0.15, -0.1) is 0 Å². The maximum absolute atomic E-state index is 12.8. The molecule has 0 bridgehead atoms. The molecule has 5 nitrogen and oxygen atoms in total. The summed E-state index contributed by atoms with van der Waals surface area (Å²) in [6.07, 6.45) is 0. The van der Waals surface area contributed by atoms with Crippen molar-refractivity contribution in [3.05, 3.63) is 58.4 Å². The monoisotopic (exact) mass is 309 g/mol. The Kier molecular flexibility index (Phi) is 4.09. The summed E-state index contributed by atoms with van der Waals surface area (Å²) in [5.74, 6) is -3.03. The fraction of sp³-hybridized carbons (Fsp3) is 0. The first-order chi connectivity index (χ1) is 9.88. The highest BCUT2D eigenvalue weighted by atomic mass is 35.5. The number of halogens is 2. The van der Waals surface area contributed by atoms with E-state index in [-0.39, 0.29) is 21.8 Å². The lowest BCUT2D eigenvalue weighted by atomic mass is 10.1. The van der Waals surface area contributed by atoms with E-state index in [1.54, 1.807) is 0 Å². The minimum atomic E-state index is -1.19. The molecule has 2 aromatic rings. The quantitative estimate of drug-likeness (QED) is 0.813. The lowest BCUT2D eigenvalue weighted by molar-refractivity contribution is 0.0697. The number of aromatic carboxylic acids is 1. The molecular formula is C14H9ClFNO4. The van der Waals surface area contributed by atoms with E-state index >= 15 is 0 Å². The molecule has 0 radical (unpaired) electrons. The van der Waals surface area contributed by atoms with Gasteiger partial charge in [0.25, 0.3) is 5.91 Å². The van der Waals surface area contributed by atoms with Crippen LogP contribution in [0.4, 0.5) is 10.1 Å². The van der Waals surface area contributed by atoms with Gasteiger partial charge in [-0.3, -0.25) is 4.79 Å². The lowest BCUT2D eigenvalue weighted by Gasteiger charge is -2.08. The number of hydrogen-bond donors (Lipinski definition) is 3. The highest BCUT2D eigenvalue weighted by Gasteiger charge is 2.14. The highest BCUT2D eigenvalue weighted by molar-refractivity contribution is 6.33. The number of aromatic hydroxyl groups is 1. The van der Waals surface area contributed by atoms with Crippen molar-refractivity contribution in [2.45, 2.75) is 0 Å². The Balaban J connectivity index is 2.23. The molecule has 21 heavy (non-hydrogen) atoms. The first-order valence-corrected chi connectivity index (χ1v) is 6.09. The number of phenols is 1. The van der Waals surface area contributed by atoms with Crippen LogP contribution in [-0.4, -0.2) is 22.1 Å². The number of carboxylic acid groups (broad SMARTS) is 1. The predicted octanol–water partition coefficient (Wildman–Crippen LogP) is 3.14. The molecule has 0 saturated carbocycles. The minimum Gasteiger partial charge on any atom is -0.507 e. The summed E-state index contributed by atoms with van der Waals surface area (Å²) >= 11 is 5.77. The maximum atomic E-state index is 12.8. The van der Waals surface area contributed by atoms with Gasteiger partial charge in [0.1, 0.15) is 11.6 Å². The van der Waals surface area contributed by atoms with Gasteiger partial charge in [-0.05, 0) is 30.3 Å². The van der Waals surface area contributed by atoms with Crippen molar-refractivity contribution < 1.29 is 24.2 Å². The minimum absolute atomic E-state index is 0.0383. The van der Waals surface area contributed by atoms with E-state index in [1.165, 1.54) is 18.2 Å². The normalized spacial score (nSPS) is 10.2. The van der Waals surface area contributed by atoms with Crippen LogP contribution in [0.15, 0.2) is 36.4 Å². The molecule has 0 heterocycles. The van der Waals surface area contributed by atoms with Crippen molar-refractivity contribution in [3.8, 4) is 5.75 Å². The average molecular weight is 310 g/mol. The van der Waals surface area contributed by atoms with E-state index in [2.05, 4.69) is 5.32 Å². The zero-order valence-corrected chi connectivity index (χ0v) is 11.2. The van der Waals surface area contributed by atoms with Crippen LogP contribution in [0, 0.1) is 5.82 Å². The van der Waals surface area contributed by atoms with Gasteiger partial charge >= 0.3 is 5.97 Å². The second kappa shape index (κ2) is 5.80. The van der Waals surface area contributed by atoms with E-state index in [9.17, 15) is 19.1 Å². The Bertz CT molecular complexity index is 733. The van der Waals surface area contributed by atoms with E-state index < -0.39 is 23.4 Å². The summed E-state index contributed by atoms with van der Waals surface area (Å²) in [5, 5.41) is 20.7. The van der Waals surface area contributed by atoms with E-state index in [1.807, 2.05) is 0 Å². The molecular weight excluding hydrogens is 301 g/mol. The van der Waals surface area contributed by atoms with E-state index in [0.29, 0.717) is 0 Å². The number of anilines is 1. The molecule has 2 rings (SSSR count). The first-order valence-electron chi connectivity index (χ1n) is 5.71. The van der Waals surface area contributed by atoms with Crippen molar-refractivity contribution in [2.24, 2.45) is 0 Å². The van der Waals surface area contributed by atoms with Crippen molar-refractivity contribution in [1.29, 1.82) is 0 Å². The maximum Gasteiger partial charge on any atom is 0.337 e. The van der Waals surface area contributed by atoms with E-state index in [4.69, 9.17) is 16.7 Å². The second-order valence-electron chi connectivity index (χ2n) is 4.12. The van der Waals surface area contributed by atoms with Crippen LogP contribution in [0.1, 0.15) is 20.7 Å². The lowest BCUT2D eigenvalue weighted by Crippen LogP contribution is -2.12. The molecule has 108 valence electrons. The number of carbonyl (C=O) groups is 2. The van der Waals surface area contributed by atoms with Crippen LogP contribution < -0.4 is 5.32 Å². The number of carboxylic acids is 1. The van der Waals surface area contributed by atoms with Crippen molar-refractivity contribution in [2.75, 3.05) is 5.32 Å². The Morgan fingerprint density at radius 3 is 2.33 bits per heavy atom. The van der Waals surface area contributed by atoms with Crippen LogP contribution in [0.3, 0.4) is 0 Å². The van der Waals surface area contributed by atoms with Gasteiger partial charge in [0.05, 0.1) is 16.1 Å². The smallest absolute Gasteiger partial charge is 0.337 e. The molecule has 0 aromatic heterocycles. The molecule has 0 spiro atoms. The fourth-order valence-corrected chi connectivity index (χ4v) is 1.92. The molecule has 2 aromatic carbocycles. The Morgan fingerprint density at radius 2 is 1.76 bits per heavy atom. The summed E-state index contributed by atoms with van der Waals surface area (Å²) < 4.78 is 12.8. The summed E-state index contributed by atoms with van der Waals surface area (Å²) in [6.45, 7) is 0. The molecule has 0 aliphatic rings. The summed E-state index contributed by atoms with van der Waals surface area (Å²) in [7, 11) is 0. The van der Waals surface area contributed by atoms with Gasteiger partial charge in [-0.2, -0.15) is 0 Å². The summed E-state index contributed by atoms with van der Waals surface area (Å²) in [4.78, 5) is 22.7. The van der Waals surface area contributed by atoms with Gasteiger partial charge in [0, 0.05) is 11.8 Å². The molecule has 0 aliphatic heterocycles. The van der Waals surface area contributed by atoms with Crippen molar-refractivity contribution >= 4 is 29.2 Å². The number of phenolic OH excluding ortho intramolecular Hbond substituents is 1. The molecule has 7 heteroatoms. The molecule has 0 unspecified atom stereocenters. The third kappa shape index (κ3) is 3.29. The van der Waals surface area contributed by atoms with Gasteiger partial charge in [-0.25, -0.2) is 9.18 Å². The number of nitrogens with one attached hydrogen (secondary N) is 1. The van der Waals surface area contributed by atoms with E-state index in [0.717, 1.165) is 18.2 Å². The topological polar surface area (TPSA) is 86.6 Å². The summed E-state index contributed by atoms with van der Waals surface area (Å²) in [6, 6.07) is 6.85. The molecule has 0 atom stereocenters. The van der Waals surface area contributed by atoms with Crippen LogP contribution in [0.25, 0.3) is 0 Å². The van der Waals surface area contributed by atoms with Crippen molar-refractivity contribution in [3.63, 3.8) is 0 Å². The Morgan fingerprint density at radius 1 is 1.10 bits per heavy atom. The van der Waals surface area contributed by atoms with Crippen LogP contribution in [0.5, 0.6) is 5.75 Å². The Labute approximate surface area is 123 Å². The van der Waals surface area contributed by atoms with Gasteiger partial charge < -0.3 is 15.5 Å². The number of rotatable bonds is 3.